The van der Waals surface area contributed by atoms with Gasteiger partial charge in [-0.25, -0.2) is 13.2 Å². The second-order valence-electron chi connectivity index (χ2n) is 4.35. The van der Waals surface area contributed by atoms with Gasteiger partial charge in [0.05, 0.1) is 11.5 Å². The van der Waals surface area contributed by atoms with Gasteiger partial charge in [0.25, 0.3) is 5.56 Å². The van der Waals surface area contributed by atoms with Crippen LogP contribution in [-0.4, -0.2) is 18.4 Å². The first-order valence-electron chi connectivity index (χ1n) is 5.73. The molecular formula is C12H10Cl2N2O4S. The SMILES string of the molecule is O=c1cc(CS(=O)(=O)Cc2c(Cl)cccc2Cl)[nH]c(=O)[nH]1. The van der Waals surface area contributed by atoms with Gasteiger partial charge in [0.2, 0.25) is 0 Å². The Balaban J connectivity index is 2.31. The molecule has 9 heteroatoms. The topological polar surface area (TPSA) is 99.9 Å². The highest BCUT2D eigenvalue weighted by Gasteiger charge is 2.18. The summed E-state index contributed by atoms with van der Waals surface area (Å²) in [4.78, 5) is 26.5. The monoisotopic (exact) mass is 348 g/mol. The van der Waals surface area contributed by atoms with Crippen molar-refractivity contribution in [3.8, 4) is 0 Å². The molecule has 1 aromatic heterocycles. The van der Waals surface area contributed by atoms with Crippen LogP contribution in [0, 0.1) is 0 Å². The molecular weight excluding hydrogens is 339 g/mol. The number of H-pyrrole nitrogens is 2. The maximum absolute atomic E-state index is 12.1. The Hall–Kier alpha value is -1.57. The van der Waals surface area contributed by atoms with Crippen molar-refractivity contribution in [3.05, 3.63) is 66.4 Å². The Labute approximate surface area is 129 Å². The number of rotatable bonds is 4. The third kappa shape index (κ3) is 4.20. The van der Waals surface area contributed by atoms with Crippen molar-refractivity contribution < 1.29 is 8.42 Å². The van der Waals surface area contributed by atoms with Crippen molar-refractivity contribution in [2.24, 2.45) is 0 Å². The second kappa shape index (κ2) is 6.05. The van der Waals surface area contributed by atoms with Crippen LogP contribution >= 0.6 is 23.2 Å². The third-order valence-corrected chi connectivity index (χ3v) is 4.81. The molecule has 2 rings (SSSR count). The molecule has 2 aromatic rings. The van der Waals surface area contributed by atoms with E-state index >= 15 is 0 Å². The summed E-state index contributed by atoms with van der Waals surface area (Å²) in [5.41, 5.74) is -1.14. The summed E-state index contributed by atoms with van der Waals surface area (Å²) in [5.74, 6) is -0.881. The van der Waals surface area contributed by atoms with Crippen LogP contribution in [-0.2, 0) is 21.3 Å². The highest BCUT2D eigenvalue weighted by atomic mass is 35.5. The number of benzene rings is 1. The summed E-state index contributed by atoms with van der Waals surface area (Å²) in [5, 5.41) is 0.482. The van der Waals surface area contributed by atoms with Gasteiger partial charge in [-0.3, -0.25) is 9.78 Å². The van der Waals surface area contributed by atoms with Crippen LogP contribution < -0.4 is 11.2 Å². The van der Waals surface area contributed by atoms with Crippen LogP contribution in [0.1, 0.15) is 11.3 Å². The highest BCUT2D eigenvalue weighted by Crippen LogP contribution is 2.26. The lowest BCUT2D eigenvalue weighted by Crippen LogP contribution is -2.24. The number of hydrogen-bond acceptors (Lipinski definition) is 4. The fourth-order valence-corrected chi connectivity index (χ4v) is 3.95. The summed E-state index contributed by atoms with van der Waals surface area (Å²) in [7, 11) is -3.66. The Morgan fingerprint density at radius 1 is 1.00 bits per heavy atom. The van der Waals surface area contributed by atoms with Crippen LogP contribution in [0.15, 0.2) is 33.9 Å². The van der Waals surface area contributed by atoms with E-state index < -0.39 is 26.8 Å². The Morgan fingerprint density at radius 3 is 2.19 bits per heavy atom. The lowest BCUT2D eigenvalue weighted by molar-refractivity contribution is 0.593. The molecule has 0 aliphatic heterocycles. The summed E-state index contributed by atoms with van der Waals surface area (Å²) >= 11 is 11.9. The summed E-state index contributed by atoms with van der Waals surface area (Å²) in [6.07, 6.45) is 0. The zero-order valence-corrected chi connectivity index (χ0v) is 12.8. The van der Waals surface area contributed by atoms with Crippen molar-refractivity contribution >= 4 is 33.0 Å². The molecule has 112 valence electrons. The van der Waals surface area contributed by atoms with Crippen molar-refractivity contribution in [1.29, 1.82) is 0 Å². The lowest BCUT2D eigenvalue weighted by atomic mass is 10.2. The molecule has 1 heterocycles. The van der Waals surface area contributed by atoms with E-state index in [1.807, 2.05) is 4.98 Å². The molecule has 2 N–H and O–H groups in total. The van der Waals surface area contributed by atoms with E-state index in [1.165, 1.54) is 12.1 Å². The zero-order valence-electron chi connectivity index (χ0n) is 10.5. The van der Waals surface area contributed by atoms with E-state index in [0.717, 1.165) is 6.07 Å². The number of nitrogens with one attached hydrogen (secondary N) is 2. The smallest absolute Gasteiger partial charge is 0.310 e. The molecule has 0 amide bonds. The van der Waals surface area contributed by atoms with E-state index in [1.54, 1.807) is 6.07 Å². The van der Waals surface area contributed by atoms with Crippen LogP contribution in [0.25, 0.3) is 0 Å². The van der Waals surface area contributed by atoms with Gasteiger partial charge >= 0.3 is 5.69 Å². The average Bonchev–Trinajstić information content (AvgIpc) is 2.32. The second-order valence-corrected chi connectivity index (χ2v) is 7.22. The maximum atomic E-state index is 12.1. The largest absolute Gasteiger partial charge is 0.325 e. The van der Waals surface area contributed by atoms with Crippen molar-refractivity contribution in [2.45, 2.75) is 11.5 Å². The number of sulfone groups is 1. The predicted octanol–water partition coefficient (Wildman–Crippen LogP) is 1.48. The molecule has 0 spiro atoms. The molecule has 0 radical (unpaired) electrons. The maximum Gasteiger partial charge on any atom is 0.325 e. The fraction of sp³-hybridized carbons (Fsp3) is 0.167. The molecule has 1 aromatic carbocycles. The first-order valence-corrected chi connectivity index (χ1v) is 8.30. The van der Waals surface area contributed by atoms with Crippen LogP contribution in [0.4, 0.5) is 0 Å². The fourth-order valence-electron chi connectivity index (χ4n) is 1.78. The standard InChI is InChI=1S/C12H10Cl2N2O4S/c13-9-2-1-3-10(14)8(9)6-21(19,20)5-7-4-11(17)16-12(18)15-7/h1-4H,5-6H2,(H2,15,16,17,18). The summed E-state index contributed by atoms with van der Waals surface area (Å²) in [6.45, 7) is 0. The number of hydrogen-bond donors (Lipinski definition) is 2. The first kappa shape index (κ1) is 15.8. The van der Waals surface area contributed by atoms with Gasteiger partial charge in [-0.05, 0) is 12.1 Å². The highest BCUT2D eigenvalue weighted by molar-refractivity contribution is 7.89. The molecule has 21 heavy (non-hydrogen) atoms. The average molecular weight is 349 g/mol. The van der Waals surface area contributed by atoms with Gasteiger partial charge in [-0.2, -0.15) is 0 Å². The van der Waals surface area contributed by atoms with Gasteiger partial charge in [-0.1, -0.05) is 29.3 Å². The molecule has 0 unspecified atom stereocenters. The quantitative estimate of drug-likeness (QED) is 0.873. The number of aromatic amines is 2. The van der Waals surface area contributed by atoms with Crippen molar-refractivity contribution in [2.75, 3.05) is 0 Å². The minimum Gasteiger partial charge on any atom is -0.310 e. The molecule has 0 aliphatic carbocycles. The molecule has 0 aliphatic rings. The summed E-state index contributed by atoms with van der Waals surface area (Å²) in [6, 6.07) is 5.70. The molecule has 0 bridgehead atoms. The van der Waals surface area contributed by atoms with Crippen molar-refractivity contribution in [3.63, 3.8) is 0 Å². The van der Waals surface area contributed by atoms with E-state index in [9.17, 15) is 18.0 Å². The van der Waals surface area contributed by atoms with Gasteiger partial charge < -0.3 is 4.98 Å². The van der Waals surface area contributed by atoms with E-state index in [0.29, 0.717) is 0 Å². The molecule has 6 nitrogen and oxygen atoms in total. The van der Waals surface area contributed by atoms with Gasteiger partial charge in [0.15, 0.2) is 9.84 Å². The number of aromatic nitrogens is 2. The zero-order chi connectivity index (χ0) is 15.6. The van der Waals surface area contributed by atoms with Crippen LogP contribution in [0.3, 0.4) is 0 Å². The van der Waals surface area contributed by atoms with E-state index in [4.69, 9.17) is 23.2 Å². The predicted molar refractivity (Wildman–Crippen MR) is 80.5 cm³/mol. The molecule has 0 fully saturated rings. The van der Waals surface area contributed by atoms with E-state index in [-0.39, 0.29) is 27.1 Å². The molecule has 0 saturated carbocycles. The van der Waals surface area contributed by atoms with Gasteiger partial charge in [0, 0.05) is 27.4 Å². The Morgan fingerprint density at radius 2 is 1.62 bits per heavy atom. The normalized spacial score (nSPS) is 11.5. The van der Waals surface area contributed by atoms with Gasteiger partial charge in [0.1, 0.15) is 0 Å². The Kier molecular flexibility index (Phi) is 4.55. The minimum atomic E-state index is -3.66. The summed E-state index contributed by atoms with van der Waals surface area (Å²) < 4.78 is 24.3. The van der Waals surface area contributed by atoms with Gasteiger partial charge in [-0.15, -0.1) is 0 Å². The first-order chi connectivity index (χ1) is 9.77. The van der Waals surface area contributed by atoms with Crippen molar-refractivity contribution in [1.82, 2.24) is 9.97 Å². The third-order valence-electron chi connectivity index (χ3n) is 2.62. The van der Waals surface area contributed by atoms with E-state index in [2.05, 4.69) is 4.98 Å². The molecule has 0 saturated heterocycles. The number of halogens is 2. The van der Waals surface area contributed by atoms with Crippen LogP contribution in [0.5, 0.6) is 0 Å². The molecule has 0 atom stereocenters. The lowest BCUT2D eigenvalue weighted by Gasteiger charge is -2.08. The van der Waals surface area contributed by atoms with Crippen LogP contribution in [0.2, 0.25) is 10.0 Å². The Bertz CT molecular complexity index is 838. The minimum absolute atomic E-state index is 0.00641.